The summed E-state index contributed by atoms with van der Waals surface area (Å²) in [5.74, 6) is 2.25. The van der Waals surface area contributed by atoms with E-state index in [4.69, 9.17) is 14.6 Å². The maximum atomic E-state index is 13.8. The number of nitrogens with zero attached hydrogens (tertiary/aromatic N) is 7. The van der Waals surface area contributed by atoms with Crippen molar-refractivity contribution in [2.24, 2.45) is 0 Å². The van der Waals surface area contributed by atoms with E-state index >= 15 is 0 Å². The number of likely N-dealkylation sites (N-methyl/N-ethyl adjacent to an activating group) is 1. The molecule has 4 heterocycles. The van der Waals surface area contributed by atoms with Crippen LogP contribution in [0, 0.1) is 0 Å². The van der Waals surface area contributed by atoms with Crippen LogP contribution in [0.2, 0.25) is 0 Å². The van der Waals surface area contributed by atoms with Gasteiger partial charge in [-0.2, -0.15) is 5.10 Å². The number of ether oxygens (including phenoxy) is 2. The van der Waals surface area contributed by atoms with Crippen molar-refractivity contribution in [3.8, 4) is 11.4 Å². The molecule has 0 unspecified atom stereocenters. The van der Waals surface area contributed by atoms with Crippen LogP contribution in [0.3, 0.4) is 0 Å². The summed E-state index contributed by atoms with van der Waals surface area (Å²) in [5, 5.41) is 20.4. The molecule has 2 aliphatic rings. The third-order valence-electron chi connectivity index (χ3n) is 10.4. The first-order chi connectivity index (χ1) is 25.6. The van der Waals surface area contributed by atoms with Crippen molar-refractivity contribution < 1.29 is 14.3 Å². The number of anilines is 2. The normalized spacial score (nSPS) is 19.0. The number of fused-ring (bicyclic) bond motifs is 2. The number of rotatable bonds is 11. The molecule has 2 aromatic carbocycles. The van der Waals surface area contributed by atoms with Crippen molar-refractivity contribution in [2.45, 2.75) is 89.9 Å². The predicted octanol–water partition coefficient (Wildman–Crippen LogP) is 7.45. The molecule has 7 rings (SSSR count). The number of benzene rings is 2. The first kappa shape index (κ1) is 36.4. The summed E-state index contributed by atoms with van der Waals surface area (Å²) in [5.41, 5.74) is 5.66. The molecule has 3 aromatic heterocycles. The zero-order valence-corrected chi connectivity index (χ0v) is 31.9. The lowest BCUT2D eigenvalue weighted by Gasteiger charge is -2.33. The number of hydrogen-bond donors (Lipinski definition) is 2. The monoisotopic (exact) mass is 719 g/mol. The van der Waals surface area contributed by atoms with Gasteiger partial charge in [0.25, 0.3) is 0 Å². The van der Waals surface area contributed by atoms with Gasteiger partial charge in [-0.15, -0.1) is 10.2 Å². The number of carbonyl (C=O) groups is 1. The molecule has 0 saturated carbocycles. The number of aromatic nitrogens is 5. The fourth-order valence-electron chi connectivity index (χ4n) is 7.48. The largest absolute Gasteiger partial charge is 0.484 e. The highest BCUT2D eigenvalue weighted by Crippen LogP contribution is 2.39. The molecular weight excluding hydrogens is 667 g/mol. The topological polar surface area (TPSA) is 114 Å². The van der Waals surface area contributed by atoms with Crippen molar-refractivity contribution in [1.82, 2.24) is 34.6 Å². The molecule has 5 aromatic rings. The summed E-state index contributed by atoms with van der Waals surface area (Å²) in [6.07, 6.45) is 6.88. The molecule has 1 aliphatic heterocycles. The summed E-state index contributed by atoms with van der Waals surface area (Å²) >= 11 is 0. The summed E-state index contributed by atoms with van der Waals surface area (Å²) in [7, 11) is 3.80. The molecule has 1 saturated heterocycles. The molecule has 0 spiro atoms. The van der Waals surface area contributed by atoms with Gasteiger partial charge in [-0.1, -0.05) is 57.2 Å². The third kappa shape index (κ3) is 8.18. The van der Waals surface area contributed by atoms with Gasteiger partial charge in [-0.3, -0.25) is 14.6 Å². The Bertz CT molecular complexity index is 2030. The van der Waals surface area contributed by atoms with E-state index in [1.54, 1.807) is 7.11 Å². The van der Waals surface area contributed by atoms with Crippen molar-refractivity contribution in [2.75, 3.05) is 44.1 Å². The first-order valence-electron chi connectivity index (χ1n) is 18.9. The maximum absolute atomic E-state index is 13.8. The molecule has 0 bridgehead atoms. The molecule has 12 heteroatoms. The van der Waals surface area contributed by atoms with E-state index < -0.39 is 0 Å². The Morgan fingerprint density at radius 1 is 0.981 bits per heavy atom. The molecule has 2 N–H and O–H groups in total. The molecule has 12 nitrogen and oxygen atoms in total. The van der Waals surface area contributed by atoms with E-state index in [9.17, 15) is 4.79 Å². The molecule has 0 radical (unpaired) electrons. The van der Waals surface area contributed by atoms with Gasteiger partial charge in [0.05, 0.1) is 30.2 Å². The van der Waals surface area contributed by atoms with Crippen molar-refractivity contribution >= 4 is 23.4 Å². The lowest BCUT2D eigenvalue weighted by atomic mass is 9.85. The van der Waals surface area contributed by atoms with Gasteiger partial charge in [0, 0.05) is 44.3 Å². The van der Waals surface area contributed by atoms with Gasteiger partial charge in [-0.05, 0) is 87.0 Å². The molecule has 1 aliphatic carbocycles. The van der Waals surface area contributed by atoms with Gasteiger partial charge in [0.1, 0.15) is 17.7 Å². The summed E-state index contributed by atoms with van der Waals surface area (Å²) in [4.78, 5) is 18.3. The summed E-state index contributed by atoms with van der Waals surface area (Å²) < 4.78 is 15.8. The molecular formula is C41H53N9O3. The van der Waals surface area contributed by atoms with Crippen LogP contribution < -0.4 is 20.3 Å². The number of hydrogen-bond acceptors (Lipinski definition) is 8. The average Bonchev–Trinajstić information content (AvgIpc) is 3.77. The van der Waals surface area contributed by atoms with Gasteiger partial charge in [0.15, 0.2) is 5.65 Å². The van der Waals surface area contributed by atoms with E-state index in [2.05, 4.69) is 89.6 Å². The standard InChI is InChI=1S/C41H53N9O3/c1-28-12-9-10-21-48(28)40-45-44-37-20-17-31(27-49(37)40)53-35-19-18-34(32-15-7-8-16-33(32)35)42-39(51)43-38-25-36(41(2,3)4)46-50(38)30-14-11-13-29(24-30)26-47(5)22-23-52-6/h7-8,11,13-17,20,24-25,27-28,34-35H,9-10,12,18-19,21-23,26H2,1-6H3,(H2,42,43,51)/t28-,34-,35+/m0/s1. The van der Waals surface area contributed by atoms with E-state index in [0.717, 1.165) is 90.7 Å². The van der Waals surface area contributed by atoms with E-state index in [1.165, 1.54) is 6.42 Å². The molecule has 1 fully saturated rings. The van der Waals surface area contributed by atoms with Crippen molar-refractivity contribution in [1.29, 1.82) is 0 Å². The van der Waals surface area contributed by atoms with Crippen LogP contribution in [-0.4, -0.2) is 75.2 Å². The van der Waals surface area contributed by atoms with Crippen molar-refractivity contribution in [3.63, 3.8) is 0 Å². The van der Waals surface area contributed by atoms with Gasteiger partial charge >= 0.3 is 6.03 Å². The Morgan fingerprint density at radius 3 is 2.60 bits per heavy atom. The quantitative estimate of drug-likeness (QED) is 0.145. The van der Waals surface area contributed by atoms with Gasteiger partial charge in [0.2, 0.25) is 5.95 Å². The SMILES string of the molecule is COCCN(C)Cc1cccc(-n2nc(C(C)(C)C)cc2NC(=O)N[C@H]2CC[C@@H](Oc3ccc4nnc(N5CCCC[C@@H]5C)n4c3)c3ccccc32)c1. The van der Waals surface area contributed by atoms with Crippen LogP contribution in [0.4, 0.5) is 16.6 Å². The Morgan fingerprint density at radius 2 is 1.81 bits per heavy atom. The lowest BCUT2D eigenvalue weighted by molar-refractivity contribution is 0.158. The van der Waals surface area contributed by atoms with E-state index in [1.807, 2.05) is 57.7 Å². The maximum Gasteiger partial charge on any atom is 0.320 e. The third-order valence-corrected chi connectivity index (χ3v) is 10.4. The Balaban J connectivity index is 1.07. The fourth-order valence-corrected chi connectivity index (χ4v) is 7.48. The molecule has 53 heavy (non-hydrogen) atoms. The smallest absolute Gasteiger partial charge is 0.320 e. The van der Waals surface area contributed by atoms with Crippen LogP contribution in [0.5, 0.6) is 5.75 Å². The molecule has 3 atom stereocenters. The second-order valence-corrected chi connectivity index (χ2v) is 15.6. The number of nitrogens with one attached hydrogen (secondary N) is 2. The summed E-state index contributed by atoms with van der Waals surface area (Å²) in [6, 6.07) is 22.4. The minimum atomic E-state index is -0.279. The van der Waals surface area contributed by atoms with E-state index in [-0.39, 0.29) is 23.6 Å². The highest BCUT2D eigenvalue weighted by atomic mass is 16.5. The van der Waals surface area contributed by atoms with Crippen LogP contribution in [0.25, 0.3) is 11.3 Å². The number of carbonyl (C=O) groups excluding carboxylic acids is 1. The van der Waals surface area contributed by atoms with Crippen LogP contribution >= 0.6 is 0 Å². The van der Waals surface area contributed by atoms with E-state index in [0.29, 0.717) is 18.5 Å². The Labute approximate surface area is 312 Å². The second-order valence-electron chi connectivity index (χ2n) is 15.6. The number of amides is 2. The minimum Gasteiger partial charge on any atom is -0.484 e. The first-order valence-corrected chi connectivity index (χ1v) is 18.9. The highest BCUT2D eigenvalue weighted by Gasteiger charge is 2.31. The second kappa shape index (κ2) is 15.6. The zero-order valence-electron chi connectivity index (χ0n) is 31.9. The minimum absolute atomic E-state index is 0.157. The number of methoxy groups -OCH3 is 1. The van der Waals surface area contributed by atoms with Gasteiger partial charge < -0.3 is 19.7 Å². The Hall–Kier alpha value is -4.94. The zero-order chi connectivity index (χ0) is 37.1. The Kier molecular flexibility index (Phi) is 10.7. The highest BCUT2D eigenvalue weighted by molar-refractivity contribution is 5.89. The average molecular weight is 720 g/mol. The van der Waals surface area contributed by atoms with Crippen LogP contribution in [-0.2, 0) is 16.7 Å². The molecule has 2 amide bonds. The number of piperidine rings is 1. The molecule has 280 valence electrons. The number of pyridine rings is 1. The summed E-state index contributed by atoms with van der Waals surface area (Å²) in [6.45, 7) is 11.9. The fraction of sp³-hybridized carbons (Fsp3) is 0.463. The van der Waals surface area contributed by atoms with Crippen LogP contribution in [0.1, 0.15) is 94.3 Å². The van der Waals surface area contributed by atoms with Crippen molar-refractivity contribution in [3.05, 3.63) is 95.3 Å². The lowest BCUT2D eigenvalue weighted by Crippen LogP contribution is -2.38. The van der Waals surface area contributed by atoms with Crippen LogP contribution in [0.15, 0.2) is 72.9 Å². The van der Waals surface area contributed by atoms with Gasteiger partial charge in [-0.25, -0.2) is 9.48 Å². The predicted molar refractivity (Wildman–Crippen MR) is 208 cm³/mol. The number of urea groups is 1.